The number of methoxy groups -OCH3 is 1. The Morgan fingerprint density at radius 3 is 2.18 bits per heavy atom. The molecule has 0 saturated carbocycles. The van der Waals surface area contributed by atoms with Gasteiger partial charge in [-0.05, 0) is 19.4 Å². The van der Waals surface area contributed by atoms with E-state index in [1.807, 2.05) is 13.8 Å². The quantitative estimate of drug-likeness (QED) is 0.664. The number of hydrogen-bond acceptors (Lipinski definition) is 3. The number of ether oxygens (including phenoxy) is 1. The lowest BCUT2D eigenvalue weighted by Gasteiger charge is -2.26. The number of rotatable bonds is 8. The summed E-state index contributed by atoms with van der Waals surface area (Å²) in [6.45, 7) is 11.1. The summed E-state index contributed by atoms with van der Waals surface area (Å²) in [6, 6.07) is 0. The highest BCUT2D eigenvalue weighted by Crippen LogP contribution is 2.04. The number of hydrogen-bond donors (Lipinski definition) is 1. The van der Waals surface area contributed by atoms with E-state index in [1.54, 1.807) is 7.11 Å². The summed E-state index contributed by atoms with van der Waals surface area (Å²) >= 11 is 0. The molecule has 0 spiro atoms. The van der Waals surface area contributed by atoms with Crippen molar-refractivity contribution in [1.82, 2.24) is 10.2 Å². The fourth-order valence-electron chi connectivity index (χ4n) is 2.05. The van der Waals surface area contributed by atoms with Crippen molar-refractivity contribution in [2.45, 2.75) is 46.0 Å². The third kappa shape index (κ3) is 10.7. The third-order valence-electron chi connectivity index (χ3n) is 3.03. The van der Waals surface area contributed by atoms with Gasteiger partial charge < -0.3 is 15.0 Å². The van der Waals surface area contributed by atoms with Crippen molar-refractivity contribution >= 4 is 0 Å². The van der Waals surface area contributed by atoms with E-state index in [1.165, 1.54) is 64.8 Å². The van der Waals surface area contributed by atoms with Crippen molar-refractivity contribution in [3.05, 3.63) is 0 Å². The van der Waals surface area contributed by atoms with Crippen molar-refractivity contribution in [3.8, 4) is 0 Å². The zero-order valence-electron chi connectivity index (χ0n) is 12.1. The van der Waals surface area contributed by atoms with Gasteiger partial charge >= 0.3 is 0 Å². The van der Waals surface area contributed by atoms with E-state index < -0.39 is 0 Å². The molecule has 0 unspecified atom stereocenters. The first kappa shape index (κ1) is 16.9. The summed E-state index contributed by atoms with van der Waals surface area (Å²) in [4.78, 5) is 2.58. The fourth-order valence-corrected chi connectivity index (χ4v) is 2.05. The molecule has 1 fully saturated rings. The van der Waals surface area contributed by atoms with Crippen LogP contribution in [-0.2, 0) is 4.74 Å². The van der Waals surface area contributed by atoms with Crippen LogP contribution in [0, 0.1) is 0 Å². The normalized spacial score (nSPS) is 16.4. The highest BCUT2D eigenvalue weighted by molar-refractivity contribution is 4.67. The SMILES string of the molecule is CC.COCCCCCCCN1CCNCC1. The van der Waals surface area contributed by atoms with Crippen LogP contribution in [0.3, 0.4) is 0 Å². The minimum absolute atomic E-state index is 0.928. The van der Waals surface area contributed by atoms with Crippen LogP contribution in [0.25, 0.3) is 0 Å². The van der Waals surface area contributed by atoms with Crippen LogP contribution in [0.15, 0.2) is 0 Å². The van der Waals surface area contributed by atoms with Gasteiger partial charge in [-0.25, -0.2) is 0 Å². The van der Waals surface area contributed by atoms with Gasteiger partial charge in [0.25, 0.3) is 0 Å². The molecular formula is C14H32N2O. The highest BCUT2D eigenvalue weighted by atomic mass is 16.5. The minimum atomic E-state index is 0.928. The Morgan fingerprint density at radius 2 is 1.53 bits per heavy atom. The molecule has 1 saturated heterocycles. The Labute approximate surface area is 108 Å². The zero-order chi connectivity index (χ0) is 12.8. The molecule has 0 bridgehead atoms. The predicted molar refractivity (Wildman–Crippen MR) is 75.6 cm³/mol. The topological polar surface area (TPSA) is 24.5 Å². The largest absolute Gasteiger partial charge is 0.385 e. The number of unbranched alkanes of at least 4 members (excludes halogenated alkanes) is 4. The number of nitrogens with zero attached hydrogens (tertiary/aromatic N) is 1. The molecule has 3 nitrogen and oxygen atoms in total. The first-order valence-electron chi connectivity index (χ1n) is 7.35. The van der Waals surface area contributed by atoms with Crippen molar-refractivity contribution in [2.24, 2.45) is 0 Å². The Bertz CT molecular complexity index is 136. The standard InChI is InChI=1S/C12H26N2O.C2H6/c1-15-12-6-4-2-3-5-9-14-10-7-13-8-11-14;1-2/h13H,2-12H2,1H3;1-2H3. The van der Waals surface area contributed by atoms with E-state index in [-0.39, 0.29) is 0 Å². The first-order valence-corrected chi connectivity index (χ1v) is 7.35. The van der Waals surface area contributed by atoms with Gasteiger partial charge in [0.05, 0.1) is 0 Å². The number of nitrogens with one attached hydrogen (secondary N) is 1. The van der Waals surface area contributed by atoms with Gasteiger partial charge in [0.15, 0.2) is 0 Å². The molecule has 1 N–H and O–H groups in total. The van der Waals surface area contributed by atoms with Gasteiger partial charge in [0, 0.05) is 39.9 Å². The molecule has 3 heteroatoms. The monoisotopic (exact) mass is 244 g/mol. The maximum atomic E-state index is 5.03. The van der Waals surface area contributed by atoms with E-state index in [9.17, 15) is 0 Å². The van der Waals surface area contributed by atoms with Gasteiger partial charge in [-0.1, -0.05) is 33.1 Å². The molecule has 0 aliphatic carbocycles. The summed E-state index contributed by atoms with van der Waals surface area (Å²) < 4.78 is 5.03. The van der Waals surface area contributed by atoms with Crippen LogP contribution >= 0.6 is 0 Å². The van der Waals surface area contributed by atoms with Crippen molar-refractivity contribution in [2.75, 3.05) is 46.4 Å². The van der Waals surface area contributed by atoms with E-state index in [0.717, 1.165) is 6.61 Å². The van der Waals surface area contributed by atoms with E-state index >= 15 is 0 Å². The summed E-state index contributed by atoms with van der Waals surface area (Å²) in [5.74, 6) is 0. The van der Waals surface area contributed by atoms with Crippen LogP contribution in [0.5, 0.6) is 0 Å². The molecule has 1 heterocycles. The Kier molecular flexibility index (Phi) is 13.8. The van der Waals surface area contributed by atoms with Crippen LogP contribution in [0.4, 0.5) is 0 Å². The summed E-state index contributed by atoms with van der Waals surface area (Å²) in [5.41, 5.74) is 0. The van der Waals surface area contributed by atoms with Gasteiger partial charge in [-0.15, -0.1) is 0 Å². The molecule has 104 valence electrons. The maximum absolute atomic E-state index is 5.03. The van der Waals surface area contributed by atoms with Crippen molar-refractivity contribution < 1.29 is 4.74 Å². The molecule has 1 rings (SSSR count). The Hall–Kier alpha value is -0.120. The average molecular weight is 244 g/mol. The average Bonchev–Trinajstić information content (AvgIpc) is 2.41. The fraction of sp³-hybridized carbons (Fsp3) is 1.00. The van der Waals surface area contributed by atoms with E-state index in [0.29, 0.717) is 0 Å². The molecule has 1 aliphatic rings. The maximum Gasteiger partial charge on any atom is 0.0462 e. The zero-order valence-corrected chi connectivity index (χ0v) is 12.1. The van der Waals surface area contributed by atoms with Crippen molar-refractivity contribution in [1.29, 1.82) is 0 Å². The molecule has 0 amide bonds. The minimum Gasteiger partial charge on any atom is -0.385 e. The summed E-state index contributed by atoms with van der Waals surface area (Å²) in [7, 11) is 1.78. The van der Waals surface area contributed by atoms with Gasteiger partial charge in [-0.3, -0.25) is 0 Å². The van der Waals surface area contributed by atoms with Crippen LogP contribution in [0.2, 0.25) is 0 Å². The molecule has 0 radical (unpaired) electrons. The van der Waals surface area contributed by atoms with Gasteiger partial charge in [-0.2, -0.15) is 0 Å². The second kappa shape index (κ2) is 13.9. The molecule has 0 aromatic carbocycles. The molecule has 0 atom stereocenters. The predicted octanol–water partition coefficient (Wildman–Crippen LogP) is 2.51. The molecule has 0 aromatic rings. The van der Waals surface area contributed by atoms with E-state index in [2.05, 4.69) is 10.2 Å². The molecule has 0 aromatic heterocycles. The Morgan fingerprint density at radius 1 is 0.941 bits per heavy atom. The van der Waals surface area contributed by atoms with Gasteiger partial charge in [0.2, 0.25) is 0 Å². The lowest BCUT2D eigenvalue weighted by atomic mass is 10.1. The summed E-state index contributed by atoms with van der Waals surface area (Å²) in [5, 5.41) is 3.38. The van der Waals surface area contributed by atoms with Crippen LogP contribution in [-0.4, -0.2) is 51.3 Å². The van der Waals surface area contributed by atoms with Crippen LogP contribution in [0.1, 0.15) is 46.0 Å². The first-order chi connectivity index (χ1) is 8.43. The van der Waals surface area contributed by atoms with Crippen molar-refractivity contribution in [3.63, 3.8) is 0 Å². The second-order valence-corrected chi connectivity index (χ2v) is 4.35. The second-order valence-electron chi connectivity index (χ2n) is 4.35. The van der Waals surface area contributed by atoms with Gasteiger partial charge in [0.1, 0.15) is 0 Å². The smallest absolute Gasteiger partial charge is 0.0462 e. The van der Waals surface area contributed by atoms with E-state index in [4.69, 9.17) is 4.74 Å². The lowest BCUT2D eigenvalue weighted by Crippen LogP contribution is -2.43. The van der Waals surface area contributed by atoms with Crippen LogP contribution < -0.4 is 5.32 Å². The molecular weight excluding hydrogens is 212 g/mol. The molecule has 17 heavy (non-hydrogen) atoms. The third-order valence-corrected chi connectivity index (χ3v) is 3.03. The molecule has 1 aliphatic heterocycles. The lowest BCUT2D eigenvalue weighted by molar-refractivity contribution is 0.191. The Balaban J connectivity index is 0.00000121. The summed E-state index contributed by atoms with van der Waals surface area (Å²) in [6.07, 6.45) is 6.68. The highest BCUT2D eigenvalue weighted by Gasteiger charge is 2.07. The number of piperazine rings is 1.